The number of carbonyl (C=O) groups is 2. The van der Waals surface area contributed by atoms with Crippen LogP contribution in [0.2, 0.25) is 0 Å². The molecule has 9 heteroatoms. The maximum Gasteiger partial charge on any atom is 0.323 e. The van der Waals surface area contributed by atoms with Gasteiger partial charge in [0.05, 0.1) is 10.5 Å². The van der Waals surface area contributed by atoms with Gasteiger partial charge in [-0.15, -0.1) is 0 Å². The average molecular weight is 477 g/mol. The van der Waals surface area contributed by atoms with Crippen molar-refractivity contribution in [3.63, 3.8) is 0 Å². The summed E-state index contributed by atoms with van der Waals surface area (Å²) in [5.74, 6) is -0.922. The third-order valence-electron chi connectivity index (χ3n) is 6.18. The van der Waals surface area contributed by atoms with Crippen LogP contribution in [0.4, 0.5) is 0 Å². The molecule has 2 aromatic rings. The minimum absolute atomic E-state index is 0.0271. The third-order valence-corrected chi connectivity index (χ3v) is 9.30. The van der Waals surface area contributed by atoms with Crippen molar-refractivity contribution in [2.75, 3.05) is 13.1 Å². The van der Waals surface area contributed by atoms with Gasteiger partial charge in [0.2, 0.25) is 10.0 Å². The number of carboxylic acid groups (broad SMARTS) is 1. The Bertz CT molecular complexity index is 1170. The summed E-state index contributed by atoms with van der Waals surface area (Å²) in [6.45, 7) is 6.81. The highest BCUT2D eigenvalue weighted by atomic mass is 32.2. The molecule has 0 bridgehead atoms. The standard InChI is InChI=1S/C23H28N2O5S2/c1-15-22(21-18(25(15)14-20(27)28)12-23(2,3)13-19(21)26)31-16-6-8-17(9-7-16)32(29,30)24-10-4-5-11-24/h6-9H,4-5,10-14H2,1-3H3,(H,27,28). The zero-order valence-corrected chi connectivity index (χ0v) is 20.2. The second kappa shape index (κ2) is 8.35. The number of carboxylic acids is 1. The molecule has 7 nitrogen and oxygen atoms in total. The highest BCUT2D eigenvalue weighted by Gasteiger charge is 2.37. The summed E-state index contributed by atoms with van der Waals surface area (Å²) in [7, 11) is -3.48. The lowest BCUT2D eigenvalue weighted by atomic mass is 9.76. The Hall–Kier alpha value is -2.10. The summed E-state index contributed by atoms with van der Waals surface area (Å²) in [4.78, 5) is 26.4. The summed E-state index contributed by atoms with van der Waals surface area (Å²) in [5.41, 5.74) is 1.92. The molecule has 0 saturated carbocycles. The molecular formula is C23H28N2O5S2. The monoisotopic (exact) mass is 476 g/mol. The van der Waals surface area contributed by atoms with Crippen molar-refractivity contribution in [2.45, 2.75) is 67.7 Å². The Morgan fingerprint density at radius 1 is 1.12 bits per heavy atom. The van der Waals surface area contributed by atoms with E-state index in [2.05, 4.69) is 0 Å². The van der Waals surface area contributed by atoms with Crippen LogP contribution < -0.4 is 0 Å². The van der Waals surface area contributed by atoms with Gasteiger partial charge in [-0.3, -0.25) is 9.59 Å². The van der Waals surface area contributed by atoms with Crippen LogP contribution in [-0.2, 0) is 27.8 Å². The van der Waals surface area contributed by atoms with Gasteiger partial charge < -0.3 is 9.67 Å². The van der Waals surface area contributed by atoms with Gasteiger partial charge in [0.25, 0.3) is 0 Å². The van der Waals surface area contributed by atoms with Crippen LogP contribution in [0.25, 0.3) is 0 Å². The number of carbonyl (C=O) groups excluding carboxylic acids is 1. The summed E-state index contributed by atoms with van der Waals surface area (Å²) >= 11 is 1.39. The zero-order valence-electron chi connectivity index (χ0n) is 18.6. The van der Waals surface area contributed by atoms with E-state index in [-0.39, 0.29) is 22.6 Å². The number of nitrogens with zero attached hydrogens (tertiary/aromatic N) is 2. The Morgan fingerprint density at radius 3 is 2.34 bits per heavy atom. The smallest absolute Gasteiger partial charge is 0.323 e. The van der Waals surface area contributed by atoms with E-state index in [9.17, 15) is 23.1 Å². The molecule has 1 aromatic carbocycles. The fraction of sp³-hybridized carbons (Fsp3) is 0.478. The molecule has 0 amide bonds. The van der Waals surface area contributed by atoms with Gasteiger partial charge in [0, 0.05) is 40.7 Å². The van der Waals surface area contributed by atoms with Crippen molar-refractivity contribution in [1.29, 1.82) is 0 Å². The lowest BCUT2D eigenvalue weighted by Gasteiger charge is -2.29. The van der Waals surface area contributed by atoms with Crippen molar-refractivity contribution in [2.24, 2.45) is 5.41 Å². The van der Waals surface area contributed by atoms with Gasteiger partial charge in [-0.05, 0) is 55.9 Å². The number of benzene rings is 1. The van der Waals surface area contributed by atoms with Gasteiger partial charge in [-0.1, -0.05) is 25.6 Å². The average Bonchev–Trinajstić information content (AvgIpc) is 3.32. The lowest BCUT2D eigenvalue weighted by Crippen LogP contribution is -2.29. The van der Waals surface area contributed by atoms with Crippen molar-refractivity contribution >= 4 is 33.5 Å². The molecule has 1 N–H and O–H groups in total. The van der Waals surface area contributed by atoms with E-state index < -0.39 is 16.0 Å². The Labute approximate surface area is 192 Å². The molecule has 0 atom stereocenters. The Balaban J connectivity index is 1.68. The second-order valence-electron chi connectivity index (χ2n) is 9.34. The molecule has 1 fully saturated rings. The number of ketones is 1. The number of hydrogen-bond donors (Lipinski definition) is 1. The van der Waals surface area contributed by atoms with Gasteiger partial charge in [0.15, 0.2) is 5.78 Å². The zero-order chi connectivity index (χ0) is 23.3. The maximum absolute atomic E-state index is 13.0. The Kier molecular flexibility index (Phi) is 6.02. The molecule has 2 aliphatic rings. The number of rotatable bonds is 6. The van der Waals surface area contributed by atoms with Crippen LogP contribution in [0, 0.1) is 12.3 Å². The topological polar surface area (TPSA) is 96.7 Å². The number of sulfonamides is 1. The van der Waals surface area contributed by atoms with Gasteiger partial charge >= 0.3 is 5.97 Å². The van der Waals surface area contributed by atoms with Crippen LogP contribution in [-0.4, -0.2) is 47.2 Å². The van der Waals surface area contributed by atoms with Crippen molar-refractivity contribution in [3.8, 4) is 0 Å². The van der Waals surface area contributed by atoms with E-state index >= 15 is 0 Å². The molecule has 1 aromatic heterocycles. The first kappa shape index (κ1) is 23.1. The molecule has 0 spiro atoms. The molecule has 1 aliphatic heterocycles. The first-order valence-electron chi connectivity index (χ1n) is 10.7. The van der Waals surface area contributed by atoms with E-state index in [1.165, 1.54) is 16.1 Å². The lowest BCUT2D eigenvalue weighted by molar-refractivity contribution is -0.137. The van der Waals surface area contributed by atoms with E-state index in [1.54, 1.807) is 28.8 Å². The van der Waals surface area contributed by atoms with E-state index in [0.717, 1.165) is 34.0 Å². The van der Waals surface area contributed by atoms with Crippen molar-refractivity contribution in [1.82, 2.24) is 8.87 Å². The van der Waals surface area contributed by atoms with Crippen LogP contribution in [0.5, 0.6) is 0 Å². The molecule has 1 aliphatic carbocycles. The first-order chi connectivity index (χ1) is 15.0. The van der Waals surface area contributed by atoms with Gasteiger partial charge in [-0.2, -0.15) is 4.31 Å². The molecule has 32 heavy (non-hydrogen) atoms. The second-order valence-corrected chi connectivity index (χ2v) is 12.4. The number of aromatic nitrogens is 1. The van der Waals surface area contributed by atoms with Crippen LogP contribution in [0.3, 0.4) is 0 Å². The SMILES string of the molecule is Cc1c(Sc2ccc(S(=O)(=O)N3CCCC3)cc2)c2c(n1CC(=O)O)CC(C)(C)CC2=O. The first-order valence-corrected chi connectivity index (χ1v) is 13.0. The quantitative estimate of drug-likeness (QED) is 0.678. The number of hydrogen-bond acceptors (Lipinski definition) is 5. The minimum atomic E-state index is -3.48. The Morgan fingerprint density at radius 2 is 1.75 bits per heavy atom. The molecule has 172 valence electrons. The fourth-order valence-corrected chi connectivity index (χ4v) is 7.25. The maximum atomic E-state index is 13.0. The van der Waals surface area contributed by atoms with Gasteiger partial charge in [-0.25, -0.2) is 8.42 Å². The van der Waals surface area contributed by atoms with Crippen molar-refractivity contribution in [3.05, 3.63) is 41.2 Å². The minimum Gasteiger partial charge on any atom is -0.480 e. The van der Waals surface area contributed by atoms with Gasteiger partial charge in [0.1, 0.15) is 6.54 Å². The fourth-order valence-electron chi connectivity index (χ4n) is 4.63. The number of Topliss-reactive ketones (excluding diaryl/α,β-unsaturated/α-hetero) is 1. The van der Waals surface area contributed by atoms with E-state index in [1.807, 2.05) is 20.8 Å². The molecular weight excluding hydrogens is 448 g/mol. The summed E-state index contributed by atoms with van der Waals surface area (Å²) in [6.07, 6.45) is 2.82. The normalized spacial score (nSPS) is 18.7. The number of aliphatic carboxylic acids is 1. The number of fused-ring (bicyclic) bond motifs is 1. The summed E-state index contributed by atoms with van der Waals surface area (Å²) in [6, 6.07) is 6.73. The molecule has 0 unspecified atom stereocenters. The third kappa shape index (κ3) is 4.25. The molecule has 1 saturated heterocycles. The highest BCUT2D eigenvalue weighted by Crippen LogP contribution is 2.44. The summed E-state index contributed by atoms with van der Waals surface area (Å²) < 4.78 is 28.8. The largest absolute Gasteiger partial charge is 0.480 e. The van der Waals surface area contributed by atoms with Crippen LogP contribution >= 0.6 is 11.8 Å². The molecule has 2 heterocycles. The van der Waals surface area contributed by atoms with Crippen LogP contribution in [0.15, 0.2) is 39.0 Å². The van der Waals surface area contributed by atoms with Crippen LogP contribution in [0.1, 0.15) is 54.9 Å². The van der Waals surface area contributed by atoms with Crippen molar-refractivity contribution < 1.29 is 23.1 Å². The molecule has 0 radical (unpaired) electrons. The highest BCUT2D eigenvalue weighted by molar-refractivity contribution is 7.99. The summed E-state index contributed by atoms with van der Waals surface area (Å²) in [5, 5.41) is 9.41. The van der Waals surface area contributed by atoms with E-state index in [4.69, 9.17) is 0 Å². The predicted octanol–water partition coefficient (Wildman–Crippen LogP) is 3.97. The molecule has 4 rings (SSSR count). The van der Waals surface area contributed by atoms with E-state index in [0.29, 0.717) is 31.5 Å². The predicted molar refractivity (Wildman–Crippen MR) is 122 cm³/mol.